The molecule has 25 heavy (non-hydrogen) atoms. The van der Waals surface area contributed by atoms with E-state index in [9.17, 15) is 9.90 Å². The number of hydrogen-bond donors (Lipinski definition) is 1. The van der Waals surface area contributed by atoms with Crippen molar-refractivity contribution >= 4 is 5.91 Å². The second kappa shape index (κ2) is 7.34. The average Bonchev–Trinajstić information content (AvgIpc) is 2.93. The fraction of sp³-hybridized carbons (Fsp3) is 0.650. The molecule has 1 aromatic rings. The minimum absolute atomic E-state index is 0.0846. The lowest BCUT2D eigenvalue weighted by atomic mass is 9.81. The number of phenols is 1. The van der Waals surface area contributed by atoms with Crippen molar-refractivity contribution in [3.05, 3.63) is 29.3 Å². The monoisotopic (exact) mass is 344 g/mol. The van der Waals surface area contributed by atoms with Crippen LogP contribution in [0.4, 0.5) is 0 Å². The second-order valence-electron chi connectivity index (χ2n) is 7.83. The van der Waals surface area contributed by atoms with Gasteiger partial charge >= 0.3 is 0 Å². The standard InChI is InChI=1S/C20H28N2O3/c23-18-6-5-17-14-22(20(24)19(17)11-18)13-16-3-1-15(2-4-16)12-21-7-9-25-10-8-21/h5-6,11,15-16,23H,1-4,7-10,12-14H2. The molecule has 2 aliphatic heterocycles. The van der Waals surface area contributed by atoms with Gasteiger partial charge in [-0.15, -0.1) is 0 Å². The summed E-state index contributed by atoms with van der Waals surface area (Å²) in [5.41, 5.74) is 1.73. The summed E-state index contributed by atoms with van der Waals surface area (Å²) in [5, 5.41) is 9.60. The van der Waals surface area contributed by atoms with Crippen LogP contribution in [-0.4, -0.2) is 60.2 Å². The van der Waals surface area contributed by atoms with Crippen LogP contribution >= 0.6 is 0 Å². The number of benzene rings is 1. The molecule has 4 rings (SSSR count). The predicted molar refractivity (Wildman–Crippen MR) is 95.6 cm³/mol. The molecule has 3 aliphatic rings. The first-order chi connectivity index (χ1) is 12.2. The number of phenolic OH excluding ortho intramolecular Hbond substituents is 1. The highest BCUT2D eigenvalue weighted by Gasteiger charge is 2.31. The zero-order valence-corrected chi connectivity index (χ0v) is 14.8. The lowest BCUT2D eigenvalue weighted by Crippen LogP contribution is -2.40. The van der Waals surface area contributed by atoms with Gasteiger partial charge in [-0.05, 0) is 55.2 Å². The van der Waals surface area contributed by atoms with Crippen LogP contribution in [-0.2, 0) is 11.3 Å². The molecule has 1 N–H and O–H groups in total. The Balaban J connectivity index is 1.26. The van der Waals surface area contributed by atoms with Crippen molar-refractivity contribution < 1.29 is 14.6 Å². The number of morpholine rings is 1. The number of carbonyl (C=O) groups is 1. The molecule has 5 heteroatoms. The minimum atomic E-state index is 0.0846. The SMILES string of the molecule is O=C1c2cc(O)ccc2CN1CC1CCC(CN2CCOCC2)CC1. The van der Waals surface area contributed by atoms with Gasteiger partial charge in [0.05, 0.1) is 13.2 Å². The Kier molecular flexibility index (Phi) is 4.95. The number of nitrogens with zero attached hydrogens (tertiary/aromatic N) is 2. The van der Waals surface area contributed by atoms with Crippen molar-refractivity contribution in [2.45, 2.75) is 32.2 Å². The maximum atomic E-state index is 12.5. The van der Waals surface area contributed by atoms with E-state index in [4.69, 9.17) is 4.74 Å². The maximum Gasteiger partial charge on any atom is 0.254 e. The molecule has 0 bridgehead atoms. The van der Waals surface area contributed by atoms with Gasteiger partial charge in [0.1, 0.15) is 5.75 Å². The summed E-state index contributed by atoms with van der Waals surface area (Å²) in [4.78, 5) is 17.1. The number of carbonyl (C=O) groups excluding carboxylic acids is 1. The molecule has 0 spiro atoms. The third kappa shape index (κ3) is 3.82. The number of rotatable bonds is 4. The van der Waals surface area contributed by atoms with Crippen LogP contribution in [0.25, 0.3) is 0 Å². The summed E-state index contributed by atoms with van der Waals surface area (Å²) < 4.78 is 5.43. The molecular weight excluding hydrogens is 316 g/mol. The van der Waals surface area contributed by atoms with E-state index in [-0.39, 0.29) is 11.7 Å². The van der Waals surface area contributed by atoms with Gasteiger partial charge in [0.2, 0.25) is 0 Å². The predicted octanol–water partition coefficient (Wildman–Crippen LogP) is 2.49. The minimum Gasteiger partial charge on any atom is -0.508 e. The normalized spacial score (nSPS) is 27.5. The second-order valence-corrected chi connectivity index (χ2v) is 7.83. The van der Waals surface area contributed by atoms with E-state index in [1.54, 1.807) is 12.1 Å². The molecule has 1 saturated carbocycles. The fourth-order valence-electron chi connectivity index (χ4n) is 4.55. The lowest BCUT2D eigenvalue weighted by Gasteiger charge is -2.35. The summed E-state index contributed by atoms with van der Waals surface area (Å²) in [6.07, 6.45) is 5.00. The Bertz CT molecular complexity index is 619. The number of amides is 1. The largest absolute Gasteiger partial charge is 0.508 e. The average molecular weight is 344 g/mol. The third-order valence-electron chi connectivity index (χ3n) is 6.04. The highest BCUT2D eigenvalue weighted by molar-refractivity contribution is 5.98. The van der Waals surface area contributed by atoms with Gasteiger partial charge < -0.3 is 14.7 Å². The lowest BCUT2D eigenvalue weighted by molar-refractivity contribution is 0.0257. The molecule has 0 unspecified atom stereocenters. The van der Waals surface area contributed by atoms with Crippen LogP contribution in [0.15, 0.2) is 18.2 Å². The van der Waals surface area contributed by atoms with Gasteiger partial charge in [-0.3, -0.25) is 9.69 Å². The maximum absolute atomic E-state index is 12.5. The molecule has 0 aromatic heterocycles. The van der Waals surface area contributed by atoms with Crippen LogP contribution in [0.2, 0.25) is 0 Å². The van der Waals surface area contributed by atoms with Gasteiger partial charge in [-0.1, -0.05) is 6.07 Å². The first-order valence-corrected chi connectivity index (χ1v) is 9.60. The first-order valence-electron chi connectivity index (χ1n) is 9.60. The van der Waals surface area contributed by atoms with E-state index in [2.05, 4.69) is 4.90 Å². The molecule has 136 valence electrons. The summed E-state index contributed by atoms with van der Waals surface area (Å²) in [6.45, 7) is 6.68. The summed E-state index contributed by atoms with van der Waals surface area (Å²) >= 11 is 0. The highest BCUT2D eigenvalue weighted by atomic mass is 16.5. The van der Waals surface area contributed by atoms with Crippen molar-refractivity contribution in [1.82, 2.24) is 9.80 Å². The molecule has 0 atom stereocenters. The van der Waals surface area contributed by atoms with E-state index in [0.717, 1.165) is 44.3 Å². The summed E-state index contributed by atoms with van der Waals surface area (Å²) in [5.74, 6) is 1.68. The van der Waals surface area contributed by atoms with Crippen LogP contribution < -0.4 is 0 Å². The molecule has 5 nitrogen and oxygen atoms in total. The summed E-state index contributed by atoms with van der Waals surface area (Å²) in [7, 11) is 0. The zero-order valence-electron chi connectivity index (χ0n) is 14.8. The molecule has 2 fully saturated rings. The zero-order chi connectivity index (χ0) is 17.2. The van der Waals surface area contributed by atoms with E-state index < -0.39 is 0 Å². The molecule has 1 aliphatic carbocycles. The first kappa shape index (κ1) is 16.9. The van der Waals surface area contributed by atoms with Gasteiger partial charge in [-0.25, -0.2) is 0 Å². The van der Waals surface area contributed by atoms with Gasteiger partial charge in [0.15, 0.2) is 0 Å². The topological polar surface area (TPSA) is 53.0 Å². The molecule has 1 aromatic carbocycles. The number of ether oxygens (including phenoxy) is 1. The number of aromatic hydroxyl groups is 1. The van der Waals surface area contributed by atoms with E-state index in [1.165, 1.54) is 32.2 Å². The van der Waals surface area contributed by atoms with Crippen LogP contribution in [0, 0.1) is 11.8 Å². The van der Waals surface area contributed by atoms with Gasteiger partial charge in [-0.2, -0.15) is 0 Å². The molecule has 0 radical (unpaired) electrons. The Labute approximate surface area is 149 Å². The Morgan fingerprint density at radius 3 is 2.44 bits per heavy atom. The van der Waals surface area contributed by atoms with Crippen molar-refractivity contribution in [3.63, 3.8) is 0 Å². The van der Waals surface area contributed by atoms with Crippen molar-refractivity contribution in [2.75, 3.05) is 39.4 Å². The number of fused-ring (bicyclic) bond motifs is 1. The Hall–Kier alpha value is -1.59. The molecule has 1 amide bonds. The van der Waals surface area contributed by atoms with Crippen molar-refractivity contribution in [2.24, 2.45) is 11.8 Å². The fourth-order valence-corrected chi connectivity index (χ4v) is 4.55. The Morgan fingerprint density at radius 1 is 1.04 bits per heavy atom. The smallest absolute Gasteiger partial charge is 0.254 e. The van der Waals surface area contributed by atoms with Crippen molar-refractivity contribution in [1.29, 1.82) is 0 Å². The van der Waals surface area contributed by atoms with E-state index in [1.807, 2.05) is 11.0 Å². The Morgan fingerprint density at radius 2 is 1.72 bits per heavy atom. The van der Waals surface area contributed by atoms with Crippen LogP contribution in [0.3, 0.4) is 0 Å². The molecule has 1 saturated heterocycles. The quantitative estimate of drug-likeness (QED) is 0.912. The van der Waals surface area contributed by atoms with Crippen LogP contribution in [0.1, 0.15) is 41.6 Å². The van der Waals surface area contributed by atoms with Crippen LogP contribution in [0.5, 0.6) is 5.75 Å². The highest BCUT2D eigenvalue weighted by Crippen LogP contribution is 2.33. The van der Waals surface area contributed by atoms with Crippen molar-refractivity contribution in [3.8, 4) is 5.75 Å². The van der Waals surface area contributed by atoms with Gasteiger partial charge in [0.25, 0.3) is 5.91 Å². The molecule has 2 heterocycles. The van der Waals surface area contributed by atoms with E-state index >= 15 is 0 Å². The molecular formula is C20H28N2O3. The third-order valence-corrected chi connectivity index (χ3v) is 6.04. The summed E-state index contributed by atoms with van der Waals surface area (Å²) in [6, 6.07) is 5.16. The number of hydrogen-bond acceptors (Lipinski definition) is 4. The van der Waals surface area contributed by atoms with E-state index in [0.29, 0.717) is 18.0 Å². The van der Waals surface area contributed by atoms with Gasteiger partial charge in [0, 0.05) is 38.3 Å².